The van der Waals surface area contributed by atoms with Gasteiger partial charge >= 0.3 is 6.03 Å². The Morgan fingerprint density at radius 1 is 1.04 bits per heavy atom. The van der Waals surface area contributed by atoms with Gasteiger partial charge in [-0.1, -0.05) is 30.3 Å². The fourth-order valence-electron chi connectivity index (χ4n) is 2.45. The van der Waals surface area contributed by atoms with Gasteiger partial charge in [-0.25, -0.2) is 9.69 Å². The van der Waals surface area contributed by atoms with E-state index < -0.39 is 17.8 Å². The van der Waals surface area contributed by atoms with E-state index in [0.717, 1.165) is 4.90 Å². The number of nitrogens with zero attached hydrogens (tertiary/aromatic N) is 1. The van der Waals surface area contributed by atoms with Crippen LogP contribution in [0.15, 0.2) is 54.1 Å². The molecule has 0 saturated carbocycles. The van der Waals surface area contributed by atoms with Gasteiger partial charge in [-0.2, -0.15) is 0 Å². The number of phenolic OH excluding ortho intramolecular Hbond substituents is 1. The lowest BCUT2D eigenvalue weighted by Crippen LogP contribution is -2.54. The topological polar surface area (TPSA) is 95.9 Å². The van der Waals surface area contributed by atoms with Gasteiger partial charge in [0.1, 0.15) is 5.57 Å². The lowest BCUT2D eigenvalue weighted by Gasteiger charge is -2.26. The van der Waals surface area contributed by atoms with E-state index in [1.54, 1.807) is 42.5 Å². The van der Waals surface area contributed by atoms with Crippen molar-refractivity contribution in [1.29, 1.82) is 0 Å². The lowest BCUT2D eigenvalue weighted by atomic mass is 10.1. The maximum absolute atomic E-state index is 12.7. The molecule has 7 heteroatoms. The average Bonchev–Trinajstić information content (AvgIpc) is 2.60. The normalized spacial score (nSPS) is 16.1. The number of hydrogen-bond donors (Lipinski definition) is 2. The van der Waals surface area contributed by atoms with Crippen LogP contribution in [0.4, 0.5) is 10.5 Å². The standard InChI is InChI=1S/C18H14N2O5/c1-25-14-9-5-6-11(15(14)21)10-13-16(22)19-18(24)20(17(13)23)12-7-3-2-4-8-12/h2-10,21H,1H3,(H,19,22,24). The molecule has 4 amide bonds. The Morgan fingerprint density at radius 2 is 1.76 bits per heavy atom. The first-order chi connectivity index (χ1) is 12.0. The van der Waals surface area contributed by atoms with E-state index in [0.29, 0.717) is 5.69 Å². The third-order valence-electron chi connectivity index (χ3n) is 3.67. The fraction of sp³-hybridized carbons (Fsp3) is 0.0556. The van der Waals surface area contributed by atoms with E-state index in [2.05, 4.69) is 5.32 Å². The Kier molecular flexibility index (Phi) is 4.21. The predicted octanol–water partition coefficient (Wildman–Crippen LogP) is 2.07. The van der Waals surface area contributed by atoms with Crippen molar-refractivity contribution in [3.63, 3.8) is 0 Å². The van der Waals surface area contributed by atoms with Crippen LogP contribution in [0.2, 0.25) is 0 Å². The van der Waals surface area contributed by atoms with Gasteiger partial charge in [-0.05, 0) is 24.3 Å². The molecule has 2 aromatic carbocycles. The molecular weight excluding hydrogens is 324 g/mol. The van der Waals surface area contributed by atoms with E-state index >= 15 is 0 Å². The number of phenols is 1. The van der Waals surface area contributed by atoms with Crippen LogP contribution >= 0.6 is 0 Å². The van der Waals surface area contributed by atoms with Crippen LogP contribution in [-0.4, -0.2) is 30.1 Å². The van der Waals surface area contributed by atoms with Gasteiger partial charge in [-0.15, -0.1) is 0 Å². The molecule has 126 valence electrons. The number of methoxy groups -OCH3 is 1. The molecule has 3 rings (SSSR count). The minimum atomic E-state index is -0.829. The monoisotopic (exact) mass is 338 g/mol. The number of benzene rings is 2. The summed E-state index contributed by atoms with van der Waals surface area (Å²) in [7, 11) is 1.39. The molecular formula is C18H14N2O5. The van der Waals surface area contributed by atoms with Crippen molar-refractivity contribution in [2.45, 2.75) is 0 Å². The third-order valence-corrected chi connectivity index (χ3v) is 3.67. The molecule has 2 aromatic rings. The number of aromatic hydroxyl groups is 1. The number of imide groups is 2. The minimum absolute atomic E-state index is 0.203. The summed E-state index contributed by atoms with van der Waals surface area (Å²) in [5.41, 5.74) is 0.283. The first kappa shape index (κ1) is 16.3. The molecule has 2 N–H and O–H groups in total. The number of hydrogen-bond acceptors (Lipinski definition) is 5. The zero-order valence-electron chi connectivity index (χ0n) is 13.2. The second kappa shape index (κ2) is 6.48. The number of rotatable bonds is 3. The smallest absolute Gasteiger partial charge is 0.335 e. The molecule has 25 heavy (non-hydrogen) atoms. The Labute approximate surface area is 143 Å². The second-order valence-corrected chi connectivity index (χ2v) is 5.19. The molecule has 0 atom stereocenters. The van der Waals surface area contributed by atoms with Gasteiger partial charge in [0, 0.05) is 5.56 Å². The van der Waals surface area contributed by atoms with Gasteiger partial charge < -0.3 is 9.84 Å². The molecule has 1 saturated heterocycles. The largest absolute Gasteiger partial charge is 0.504 e. The van der Waals surface area contributed by atoms with Gasteiger partial charge in [0.15, 0.2) is 11.5 Å². The summed E-state index contributed by atoms with van der Waals surface area (Å²) in [4.78, 5) is 37.7. The van der Waals surface area contributed by atoms with Crippen LogP contribution < -0.4 is 15.0 Å². The minimum Gasteiger partial charge on any atom is -0.504 e. The van der Waals surface area contributed by atoms with E-state index in [9.17, 15) is 19.5 Å². The maximum Gasteiger partial charge on any atom is 0.335 e. The Hall–Kier alpha value is -3.61. The number of urea groups is 1. The van der Waals surface area contributed by atoms with E-state index in [-0.39, 0.29) is 22.6 Å². The molecule has 1 heterocycles. The number of barbiturate groups is 1. The molecule has 0 unspecified atom stereocenters. The highest BCUT2D eigenvalue weighted by Crippen LogP contribution is 2.31. The van der Waals surface area contributed by atoms with Crippen LogP contribution in [-0.2, 0) is 9.59 Å². The van der Waals surface area contributed by atoms with Crippen molar-refractivity contribution in [1.82, 2.24) is 5.32 Å². The van der Waals surface area contributed by atoms with E-state index in [4.69, 9.17) is 4.74 Å². The summed E-state index contributed by atoms with van der Waals surface area (Å²) in [5, 5.41) is 12.3. The summed E-state index contributed by atoms with van der Waals surface area (Å²) in [5.74, 6) is -1.61. The highest BCUT2D eigenvalue weighted by atomic mass is 16.5. The quantitative estimate of drug-likeness (QED) is 0.660. The molecule has 0 bridgehead atoms. The van der Waals surface area contributed by atoms with Crippen LogP contribution in [0, 0.1) is 0 Å². The number of para-hydroxylation sites is 2. The molecule has 1 fully saturated rings. The van der Waals surface area contributed by atoms with E-state index in [1.807, 2.05) is 0 Å². The number of nitrogens with one attached hydrogen (secondary N) is 1. The van der Waals surface area contributed by atoms with Crippen molar-refractivity contribution in [2.24, 2.45) is 0 Å². The number of ether oxygens (including phenoxy) is 1. The maximum atomic E-state index is 12.7. The molecule has 0 aromatic heterocycles. The third kappa shape index (κ3) is 2.94. The average molecular weight is 338 g/mol. The fourth-order valence-corrected chi connectivity index (χ4v) is 2.45. The molecule has 0 aliphatic carbocycles. The number of amides is 4. The van der Waals surface area contributed by atoms with Crippen molar-refractivity contribution in [2.75, 3.05) is 12.0 Å². The van der Waals surface area contributed by atoms with Crippen LogP contribution in [0.3, 0.4) is 0 Å². The Balaban J connectivity index is 2.05. The second-order valence-electron chi connectivity index (χ2n) is 5.19. The SMILES string of the molecule is COc1cccc(C=C2C(=O)NC(=O)N(c3ccccc3)C2=O)c1O. The van der Waals surface area contributed by atoms with Gasteiger partial charge in [0.05, 0.1) is 12.8 Å². The number of anilines is 1. The van der Waals surface area contributed by atoms with Crippen molar-refractivity contribution >= 4 is 29.6 Å². The summed E-state index contributed by atoms with van der Waals surface area (Å²) in [6.07, 6.45) is 1.22. The zero-order valence-corrected chi connectivity index (χ0v) is 13.2. The highest BCUT2D eigenvalue weighted by Gasteiger charge is 2.36. The van der Waals surface area contributed by atoms with Crippen molar-refractivity contribution < 1.29 is 24.2 Å². The number of carbonyl (C=O) groups is 3. The summed E-state index contributed by atoms with van der Waals surface area (Å²) in [6, 6.07) is 12.1. The molecule has 1 aliphatic heterocycles. The van der Waals surface area contributed by atoms with Gasteiger partial charge in [0.2, 0.25) is 0 Å². The molecule has 1 aliphatic rings. The molecule has 7 nitrogen and oxygen atoms in total. The molecule has 0 spiro atoms. The van der Waals surface area contributed by atoms with Gasteiger partial charge in [-0.3, -0.25) is 14.9 Å². The highest BCUT2D eigenvalue weighted by molar-refractivity contribution is 6.39. The van der Waals surface area contributed by atoms with Crippen LogP contribution in [0.5, 0.6) is 11.5 Å². The van der Waals surface area contributed by atoms with Crippen molar-refractivity contribution in [3.8, 4) is 11.5 Å². The first-order valence-electron chi connectivity index (χ1n) is 7.35. The summed E-state index contributed by atoms with van der Waals surface area (Å²) >= 11 is 0. The first-order valence-corrected chi connectivity index (χ1v) is 7.35. The zero-order chi connectivity index (χ0) is 18.0. The summed E-state index contributed by atoms with van der Waals surface area (Å²) < 4.78 is 5.01. The van der Waals surface area contributed by atoms with Crippen LogP contribution in [0.1, 0.15) is 5.56 Å². The van der Waals surface area contributed by atoms with E-state index in [1.165, 1.54) is 19.3 Å². The predicted molar refractivity (Wildman–Crippen MR) is 90.1 cm³/mol. The summed E-state index contributed by atoms with van der Waals surface area (Å²) in [6.45, 7) is 0. The molecule has 0 radical (unpaired) electrons. The number of carbonyl (C=O) groups excluding carboxylic acids is 3. The lowest BCUT2D eigenvalue weighted by molar-refractivity contribution is -0.122. The van der Waals surface area contributed by atoms with Crippen LogP contribution in [0.25, 0.3) is 6.08 Å². The Bertz CT molecular complexity index is 890. The van der Waals surface area contributed by atoms with Crippen molar-refractivity contribution in [3.05, 3.63) is 59.7 Å². The van der Waals surface area contributed by atoms with Gasteiger partial charge in [0.25, 0.3) is 11.8 Å². The Morgan fingerprint density at radius 3 is 2.44 bits per heavy atom.